The summed E-state index contributed by atoms with van der Waals surface area (Å²) >= 11 is 0. The third-order valence-electron chi connectivity index (χ3n) is 5.08. The minimum Gasteiger partial charge on any atom is -0.257 e. The second-order valence-corrected chi connectivity index (χ2v) is 6.59. The maximum atomic E-state index is 2.60. The van der Waals surface area contributed by atoms with Crippen molar-refractivity contribution in [3.05, 3.63) is 48.5 Å². The van der Waals surface area contributed by atoms with E-state index in [0.717, 1.165) is 13.1 Å². The van der Waals surface area contributed by atoms with Gasteiger partial charge in [0.05, 0.1) is 11.9 Å². The van der Waals surface area contributed by atoms with Crippen molar-refractivity contribution in [1.82, 2.24) is 0 Å². The molecule has 2 aromatic carbocycles. The molecule has 2 heteroatoms. The molecule has 23 heavy (non-hydrogen) atoms. The molecule has 0 spiro atoms. The van der Waals surface area contributed by atoms with E-state index in [0.29, 0.717) is 0 Å². The van der Waals surface area contributed by atoms with Crippen molar-refractivity contribution < 1.29 is 4.57 Å². The molecule has 4 rings (SSSR count). The van der Waals surface area contributed by atoms with Crippen LogP contribution in [-0.4, -0.2) is 13.1 Å². The molecule has 0 atom stereocenters. The third kappa shape index (κ3) is 2.46. The standard InChI is InChI=1S/C21H25N2/c1-2-3-4-9-14-22-15-16-23-20-13-8-7-11-18(20)17-10-5-6-12-19(17)21(22)23/h5-8,10-13H,2-4,9,14-16H2,1H3/q+1. The Morgan fingerprint density at radius 2 is 1.61 bits per heavy atom. The summed E-state index contributed by atoms with van der Waals surface area (Å²) in [7, 11) is 0. The number of aromatic nitrogens is 1. The van der Waals surface area contributed by atoms with E-state index >= 15 is 0 Å². The molecule has 1 aliphatic heterocycles. The number of anilines is 1. The van der Waals surface area contributed by atoms with Gasteiger partial charge in [0.2, 0.25) is 0 Å². The highest BCUT2D eigenvalue weighted by atomic mass is 15.3. The van der Waals surface area contributed by atoms with Gasteiger partial charge in [0.1, 0.15) is 18.6 Å². The SMILES string of the molecule is CCCCCCN1CC[n+]2c1c1ccccc1c1ccccc12. The fourth-order valence-corrected chi connectivity index (χ4v) is 3.95. The van der Waals surface area contributed by atoms with Crippen LogP contribution in [0.4, 0.5) is 5.82 Å². The molecule has 0 saturated carbocycles. The van der Waals surface area contributed by atoms with Crippen molar-refractivity contribution in [3.63, 3.8) is 0 Å². The normalized spacial score (nSPS) is 13.9. The zero-order chi connectivity index (χ0) is 15.6. The molecular weight excluding hydrogens is 280 g/mol. The van der Waals surface area contributed by atoms with Crippen LogP contribution < -0.4 is 9.47 Å². The van der Waals surface area contributed by atoms with Crippen LogP contribution in [0.5, 0.6) is 0 Å². The molecule has 0 saturated heterocycles. The van der Waals surface area contributed by atoms with Crippen LogP contribution in [0.15, 0.2) is 48.5 Å². The van der Waals surface area contributed by atoms with Gasteiger partial charge in [0.25, 0.3) is 5.82 Å². The average Bonchev–Trinajstić information content (AvgIpc) is 3.03. The number of hydrogen-bond donors (Lipinski definition) is 0. The van der Waals surface area contributed by atoms with E-state index < -0.39 is 0 Å². The van der Waals surface area contributed by atoms with E-state index in [4.69, 9.17) is 0 Å². The van der Waals surface area contributed by atoms with Crippen molar-refractivity contribution in [2.45, 2.75) is 39.2 Å². The number of fused-ring (bicyclic) bond motifs is 6. The highest BCUT2D eigenvalue weighted by molar-refractivity contribution is 6.08. The van der Waals surface area contributed by atoms with Crippen LogP contribution in [-0.2, 0) is 6.54 Å². The smallest absolute Gasteiger partial charge is 0.257 e. The topological polar surface area (TPSA) is 7.12 Å². The molecule has 0 bridgehead atoms. The van der Waals surface area contributed by atoms with Gasteiger partial charge in [-0.3, -0.25) is 4.90 Å². The summed E-state index contributed by atoms with van der Waals surface area (Å²) in [5, 5.41) is 4.16. The molecule has 0 radical (unpaired) electrons. The van der Waals surface area contributed by atoms with Crippen molar-refractivity contribution in [2.24, 2.45) is 0 Å². The fourth-order valence-electron chi connectivity index (χ4n) is 3.95. The summed E-state index contributed by atoms with van der Waals surface area (Å²) in [6, 6.07) is 17.7. The average molecular weight is 305 g/mol. The van der Waals surface area contributed by atoms with Crippen LogP contribution >= 0.6 is 0 Å². The molecule has 0 N–H and O–H groups in total. The highest BCUT2D eigenvalue weighted by Gasteiger charge is 2.31. The van der Waals surface area contributed by atoms with Crippen LogP contribution in [0, 0.1) is 0 Å². The van der Waals surface area contributed by atoms with E-state index in [9.17, 15) is 0 Å². The van der Waals surface area contributed by atoms with Crippen molar-refractivity contribution >= 4 is 27.5 Å². The predicted molar refractivity (Wildman–Crippen MR) is 98.0 cm³/mol. The first kappa shape index (κ1) is 14.5. The first-order chi connectivity index (χ1) is 11.4. The van der Waals surface area contributed by atoms with E-state index in [1.807, 2.05) is 0 Å². The number of rotatable bonds is 5. The second-order valence-electron chi connectivity index (χ2n) is 6.59. The van der Waals surface area contributed by atoms with Crippen molar-refractivity contribution in [1.29, 1.82) is 0 Å². The minimum absolute atomic E-state index is 1.11. The lowest BCUT2D eigenvalue weighted by molar-refractivity contribution is -0.643. The molecule has 2 nitrogen and oxygen atoms in total. The molecule has 0 amide bonds. The van der Waals surface area contributed by atoms with Gasteiger partial charge in [-0.25, -0.2) is 4.57 Å². The summed E-state index contributed by atoms with van der Waals surface area (Å²) in [4.78, 5) is 2.60. The Labute approximate surface area is 138 Å². The van der Waals surface area contributed by atoms with Crippen LogP contribution in [0.3, 0.4) is 0 Å². The lowest BCUT2D eigenvalue weighted by Gasteiger charge is -2.14. The Morgan fingerprint density at radius 3 is 2.43 bits per heavy atom. The maximum absolute atomic E-state index is 2.60. The number of unbranched alkanes of at least 4 members (excludes halogenated alkanes) is 3. The van der Waals surface area contributed by atoms with Crippen molar-refractivity contribution in [3.8, 4) is 0 Å². The largest absolute Gasteiger partial charge is 0.285 e. The second kappa shape index (κ2) is 6.19. The van der Waals surface area contributed by atoms with E-state index in [1.54, 1.807) is 0 Å². The third-order valence-corrected chi connectivity index (χ3v) is 5.08. The van der Waals surface area contributed by atoms with Gasteiger partial charge in [-0.05, 0) is 25.0 Å². The minimum atomic E-state index is 1.11. The quantitative estimate of drug-likeness (QED) is 0.377. The fraction of sp³-hybridized carbons (Fsp3) is 0.381. The highest BCUT2D eigenvalue weighted by Crippen LogP contribution is 2.32. The Kier molecular flexibility index (Phi) is 3.90. The van der Waals surface area contributed by atoms with E-state index in [-0.39, 0.29) is 0 Å². The first-order valence-electron chi connectivity index (χ1n) is 8.98. The molecule has 0 fully saturated rings. The molecular formula is C21H25N2+. The van der Waals surface area contributed by atoms with Gasteiger partial charge in [0.15, 0.2) is 0 Å². The molecule has 0 aliphatic carbocycles. The molecule has 1 aliphatic rings. The molecule has 3 aromatic rings. The maximum Gasteiger partial charge on any atom is 0.285 e. The van der Waals surface area contributed by atoms with E-state index in [1.165, 1.54) is 59.7 Å². The number of para-hydroxylation sites is 1. The lowest BCUT2D eigenvalue weighted by atomic mass is 10.1. The first-order valence-corrected chi connectivity index (χ1v) is 8.98. The number of pyridine rings is 1. The number of hydrogen-bond acceptors (Lipinski definition) is 1. The van der Waals surface area contributed by atoms with Crippen LogP contribution in [0.25, 0.3) is 21.7 Å². The zero-order valence-electron chi connectivity index (χ0n) is 14.0. The Hall–Kier alpha value is -2.09. The van der Waals surface area contributed by atoms with Gasteiger partial charge in [0, 0.05) is 10.8 Å². The van der Waals surface area contributed by atoms with Crippen LogP contribution in [0.2, 0.25) is 0 Å². The Morgan fingerprint density at radius 1 is 0.870 bits per heavy atom. The number of nitrogens with zero attached hydrogens (tertiary/aromatic N) is 2. The summed E-state index contributed by atoms with van der Waals surface area (Å²) in [6.45, 7) is 5.71. The Balaban J connectivity index is 1.82. The monoisotopic (exact) mass is 305 g/mol. The summed E-state index contributed by atoms with van der Waals surface area (Å²) in [5.41, 5.74) is 1.37. The number of benzene rings is 2. The van der Waals surface area contributed by atoms with Crippen LogP contribution in [0.1, 0.15) is 32.6 Å². The molecule has 0 unspecified atom stereocenters. The van der Waals surface area contributed by atoms with Crippen molar-refractivity contribution in [2.75, 3.05) is 18.0 Å². The zero-order valence-corrected chi connectivity index (χ0v) is 14.0. The summed E-state index contributed by atoms with van der Waals surface area (Å²) in [5.74, 6) is 1.43. The lowest BCUT2D eigenvalue weighted by Crippen LogP contribution is -2.32. The van der Waals surface area contributed by atoms with E-state index in [2.05, 4.69) is 64.9 Å². The molecule has 118 valence electrons. The summed E-state index contributed by atoms with van der Waals surface area (Å²) < 4.78 is 2.53. The van der Waals surface area contributed by atoms with Gasteiger partial charge >= 0.3 is 0 Å². The molecule has 1 aromatic heterocycles. The summed E-state index contributed by atoms with van der Waals surface area (Å²) in [6.07, 6.45) is 5.30. The Bertz CT molecular complexity index is 838. The van der Waals surface area contributed by atoms with Gasteiger partial charge < -0.3 is 0 Å². The van der Waals surface area contributed by atoms with Gasteiger partial charge in [-0.15, -0.1) is 0 Å². The van der Waals surface area contributed by atoms with Gasteiger partial charge in [-0.1, -0.05) is 56.2 Å². The van der Waals surface area contributed by atoms with Gasteiger partial charge in [-0.2, -0.15) is 0 Å². The molecule has 2 heterocycles. The predicted octanol–water partition coefficient (Wildman–Crippen LogP) is 4.68.